The normalized spacial score (nSPS) is 10.0. The number of amides is 1. The molecule has 0 aliphatic heterocycles. The molecule has 4 nitrogen and oxygen atoms in total. The van der Waals surface area contributed by atoms with Crippen molar-refractivity contribution in [2.45, 2.75) is 6.92 Å². The molecule has 0 heterocycles. The van der Waals surface area contributed by atoms with E-state index >= 15 is 0 Å². The van der Waals surface area contributed by atoms with Crippen LogP contribution in [0.2, 0.25) is 0 Å². The molecular weight excluding hydrogens is 308 g/mol. The van der Waals surface area contributed by atoms with Gasteiger partial charge in [0.25, 0.3) is 0 Å². The number of hydrogen-bond donors (Lipinski definition) is 2. The monoisotopic (exact) mass is 320 g/mol. The molecule has 0 aliphatic carbocycles. The lowest BCUT2D eigenvalue weighted by Gasteiger charge is -2.09. The van der Waals surface area contributed by atoms with Crippen molar-refractivity contribution in [3.8, 4) is 11.5 Å². The Morgan fingerprint density at radius 1 is 1.16 bits per heavy atom. The lowest BCUT2D eigenvalue weighted by Crippen LogP contribution is -2.06. The molecule has 2 rings (SSSR count). The topological polar surface area (TPSA) is 64.3 Å². The second-order valence-corrected chi connectivity index (χ2v) is 4.85. The van der Waals surface area contributed by atoms with Crippen LogP contribution in [0.15, 0.2) is 46.9 Å². The zero-order chi connectivity index (χ0) is 13.8. The smallest absolute Gasteiger partial charge is 0.221 e. The summed E-state index contributed by atoms with van der Waals surface area (Å²) in [5.41, 5.74) is 7.00. The van der Waals surface area contributed by atoms with Crippen molar-refractivity contribution < 1.29 is 9.53 Å². The van der Waals surface area contributed by atoms with Gasteiger partial charge in [-0.15, -0.1) is 0 Å². The first-order valence-electron chi connectivity index (χ1n) is 5.65. The summed E-state index contributed by atoms with van der Waals surface area (Å²) in [5.74, 6) is 1.26. The number of benzene rings is 2. The van der Waals surface area contributed by atoms with Crippen molar-refractivity contribution in [3.63, 3.8) is 0 Å². The molecule has 2 aromatic rings. The SMILES string of the molecule is CC(=O)Nc1ccc(Oc2ccc(N)cc2)cc1Br. The first-order chi connectivity index (χ1) is 9.04. The van der Waals surface area contributed by atoms with Crippen LogP contribution < -0.4 is 15.8 Å². The molecule has 0 spiro atoms. The number of halogens is 1. The maximum absolute atomic E-state index is 11.0. The summed E-state index contributed by atoms with van der Waals surface area (Å²) in [5, 5.41) is 2.71. The van der Waals surface area contributed by atoms with Gasteiger partial charge in [-0.1, -0.05) is 0 Å². The van der Waals surface area contributed by atoms with Crippen LogP contribution >= 0.6 is 15.9 Å². The molecule has 0 fully saturated rings. The van der Waals surface area contributed by atoms with Crippen LogP contribution in [-0.4, -0.2) is 5.91 Å². The zero-order valence-corrected chi connectivity index (χ0v) is 11.9. The van der Waals surface area contributed by atoms with Gasteiger partial charge in [-0.25, -0.2) is 0 Å². The highest BCUT2D eigenvalue weighted by Gasteiger charge is 2.04. The molecule has 2 aromatic carbocycles. The number of nitrogens with two attached hydrogens (primary N) is 1. The third-order valence-corrected chi connectivity index (χ3v) is 3.02. The molecule has 0 radical (unpaired) electrons. The predicted octanol–water partition coefficient (Wildman–Crippen LogP) is 3.78. The van der Waals surface area contributed by atoms with Crippen molar-refractivity contribution in [1.82, 2.24) is 0 Å². The highest BCUT2D eigenvalue weighted by Crippen LogP contribution is 2.30. The van der Waals surface area contributed by atoms with Crippen LogP contribution in [0.1, 0.15) is 6.92 Å². The molecule has 0 saturated heterocycles. The number of carbonyl (C=O) groups is 1. The maximum Gasteiger partial charge on any atom is 0.221 e. The zero-order valence-electron chi connectivity index (χ0n) is 10.3. The van der Waals surface area contributed by atoms with Gasteiger partial charge in [0.1, 0.15) is 11.5 Å². The Labute approximate surface area is 119 Å². The van der Waals surface area contributed by atoms with Crippen molar-refractivity contribution in [2.24, 2.45) is 0 Å². The fraction of sp³-hybridized carbons (Fsp3) is 0.0714. The van der Waals surface area contributed by atoms with E-state index in [9.17, 15) is 4.79 Å². The number of ether oxygens (including phenoxy) is 1. The Morgan fingerprint density at radius 3 is 2.37 bits per heavy atom. The number of nitrogen functional groups attached to an aromatic ring is 1. The average Bonchev–Trinajstić information content (AvgIpc) is 2.35. The summed E-state index contributed by atoms with van der Waals surface area (Å²) in [4.78, 5) is 11.0. The minimum Gasteiger partial charge on any atom is -0.457 e. The van der Waals surface area contributed by atoms with Gasteiger partial charge < -0.3 is 15.8 Å². The summed E-state index contributed by atoms with van der Waals surface area (Å²) >= 11 is 3.39. The standard InChI is InChI=1S/C14H13BrN2O2/c1-9(18)17-14-7-6-12(8-13(14)15)19-11-4-2-10(16)3-5-11/h2-8H,16H2,1H3,(H,17,18). The van der Waals surface area contributed by atoms with Crippen molar-refractivity contribution >= 4 is 33.2 Å². The molecule has 98 valence electrons. The Bertz CT molecular complexity index is 597. The van der Waals surface area contributed by atoms with Gasteiger partial charge in [0.15, 0.2) is 0 Å². The third-order valence-electron chi connectivity index (χ3n) is 2.37. The number of hydrogen-bond acceptors (Lipinski definition) is 3. The number of carbonyl (C=O) groups excluding carboxylic acids is 1. The Kier molecular flexibility index (Phi) is 4.06. The van der Waals surface area contributed by atoms with Gasteiger partial charge in [0.2, 0.25) is 5.91 Å². The summed E-state index contributed by atoms with van der Waals surface area (Å²) < 4.78 is 6.44. The fourth-order valence-corrected chi connectivity index (χ4v) is 1.98. The fourth-order valence-electron chi connectivity index (χ4n) is 1.52. The number of nitrogens with one attached hydrogen (secondary N) is 1. The quantitative estimate of drug-likeness (QED) is 0.846. The molecule has 0 aliphatic rings. The van der Waals surface area contributed by atoms with E-state index in [-0.39, 0.29) is 5.91 Å². The predicted molar refractivity (Wildman–Crippen MR) is 79.4 cm³/mol. The highest BCUT2D eigenvalue weighted by atomic mass is 79.9. The van der Waals surface area contributed by atoms with Crippen LogP contribution in [0, 0.1) is 0 Å². The van der Waals surface area contributed by atoms with Gasteiger partial charge >= 0.3 is 0 Å². The molecule has 0 atom stereocenters. The van der Waals surface area contributed by atoms with Crippen molar-refractivity contribution in [2.75, 3.05) is 11.1 Å². The van der Waals surface area contributed by atoms with E-state index in [0.29, 0.717) is 22.9 Å². The first kappa shape index (κ1) is 13.4. The minimum atomic E-state index is -0.118. The van der Waals surface area contributed by atoms with E-state index in [0.717, 1.165) is 4.47 Å². The van der Waals surface area contributed by atoms with Gasteiger partial charge in [-0.3, -0.25) is 4.79 Å². The number of rotatable bonds is 3. The third kappa shape index (κ3) is 3.72. The average molecular weight is 321 g/mol. The Balaban J connectivity index is 2.15. The summed E-state index contributed by atoms with van der Waals surface area (Å²) in [6.07, 6.45) is 0. The Hall–Kier alpha value is -2.01. The van der Waals surface area contributed by atoms with Gasteiger partial charge in [-0.2, -0.15) is 0 Å². The lowest BCUT2D eigenvalue weighted by atomic mass is 10.3. The van der Waals surface area contributed by atoms with Crippen LogP contribution in [0.3, 0.4) is 0 Å². The highest BCUT2D eigenvalue weighted by molar-refractivity contribution is 9.10. The second-order valence-electron chi connectivity index (χ2n) is 3.99. The second kappa shape index (κ2) is 5.75. The largest absolute Gasteiger partial charge is 0.457 e. The van der Waals surface area contributed by atoms with E-state index in [2.05, 4.69) is 21.2 Å². The van der Waals surface area contributed by atoms with E-state index in [1.807, 2.05) is 0 Å². The van der Waals surface area contributed by atoms with Gasteiger partial charge in [0, 0.05) is 17.1 Å². The summed E-state index contributed by atoms with van der Waals surface area (Å²) in [7, 11) is 0. The molecule has 0 bridgehead atoms. The molecule has 0 aromatic heterocycles. The first-order valence-corrected chi connectivity index (χ1v) is 6.44. The molecule has 5 heteroatoms. The van der Waals surface area contributed by atoms with E-state index in [4.69, 9.17) is 10.5 Å². The number of anilines is 2. The molecular formula is C14H13BrN2O2. The summed E-state index contributed by atoms with van der Waals surface area (Å²) in [6.45, 7) is 1.46. The van der Waals surface area contributed by atoms with Crippen molar-refractivity contribution in [1.29, 1.82) is 0 Å². The Morgan fingerprint density at radius 2 is 1.79 bits per heavy atom. The van der Waals surface area contributed by atoms with Crippen molar-refractivity contribution in [3.05, 3.63) is 46.9 Å². The minimum absolute atomic E-state index is 0.118. The lowest BCUT2D eigenvalue weighted by molar-refractivity contribution is -0.114. The molecule has 1 amide bonds. The van der Waals surface area contributed by atoms with Gasteiger partial charge in [0.05, 0.1) is 5.69 Å². The maximum atomic E-state index is 11.0. The van der Waals surface area contributed by atoms with Crippen LogP contribution in [0.25, 0.3) is 0 Å². The molecule has 0 unspecified atom stereocenters. The van der Waals surface area contributed by atoms with E-state index in [1.54, 1.807) is 42.5 Å². The van der Waals surface area contributed by atoms with Crippen LogP contribution in [-0.2, 0) is 4.79 Å². The van der Waals surface area contributed by atoms with E-state index < -0.39 is 0 Å². The summed E-state index contributed by atoms with van der Waals surface area (Å²) in [6, 6.07) is 12.5. The molecule has 3 N–H and O–H groups in total. The van der Waals surface area contributed by atoms with E-state index in [1.165, 1.54) is 6.92 Å². The molecule has 19 heavy (non-hydrogen) atoms. The van der Waals surface area contributed by atoms with Crippen LogP contribution in [0.5, 0.6) is 11.5 Å². The van der Waals surface area contributed by atoms with Crippen LogP contribution in [0.4, 0.5) is 11.4 Å². The molecule has 0 saturated carbocycles. The van der Waals surface area contributed by atoms with Gasteiger partial charge in [-0.05, 0) is 58.4 Å².